The third-order valence-corrected chi connectivity index (χ3v) is 5.75. The summed E-state index contributed by atoms with van der Waals surface area (Å²) in [5, 5.41) is 1.89. The Hall–Kier alpha value is -3.29. The van der Waals surface area contributed by atoms with Gasteiger partial charge in [-0.25, -0.2) is 18.7 Å². The van der Waals surface area contributed by atoms with Crippen molar-refractivity contribution in [3.63, 3.8) is 0 Å². The van der Waals surface area contributed by atoms with E-state index in [-0.39, 0.29) is 0 Å². The van der Waals surface area contributed by atoms with Crippen LogP contribution < -0.4 is 9.96 Å². The van der Waals surface area contributed by atoms with E-state index in [9.17, 15) is 18.4 Å². The van der Waals surface area contributed by atoms with Gasteiger partial charge in [0.2, 0.25) is 5.91 Å². The van der Waals surface area contributed by atoms with E-state index in [0.29, 0.717) is 22.0 Å². The Morgan fingerprint density at radius 2 is 1.52 bits per heavy atom. The molecule has 2 heterocycles. The highest BCUT2D eigenvalue weighted by Gasteiger charge is 2.60. The predicted molar refractivity (Wildman–Crippen MR) is 110 cm³/mol. The summed E-state index contributed by atoms with van der Waals surface area (Å²) in [6.45, 7) is 0. The lowest BCUT2D eigenvalue weighted by Crippen LogP contribution is -2.37. The van der Waals surface area contributed by atoms with Gasteiger partial charge in [0.05, 0.1) is 17.4 Å². The molecule has 5 rings (SSSR count). The summed E-state index contributed by atoms with van der Waals surface area (Å²) in [5.41, 5.74) is 1.28. The molecule has 8 heteroatoms. The average molecular weight is 441 g/mol. The fraction of sp³-hybridized carbons (Fsp3) is 0.130. The molecule has 0 bridgehead atoms. The molecule has 3 aromatic carbocycles. The SMILES string of the molecule is O=C1[C@H]2[C@@H](ON(c3ccccc3)[C@H]2c2ccc(F)c(F)c2)C(=O)N1c1ccc(Cl)cc1. The van der Waals surface area contributed by atoms with E-state index in [4.69, 9.17) is 16.4 Å². The van der Waals surface area contributed by atoms with Gasteiger partial charge in [0, 0.05) is 5.02 Å². The Morgan fingerprint density at radius 1 is 0.806 bits per heavy atom. The summed E-state index contributed by atoms with van der Waals surface area (Å²) >= 11 is 5.92. The van der Waals surface area contributed by atoms with Gasteiger partial charge in [0.15, 0.2) is 17.7 Å². The molecule has 2 aliphatic heterocycles. The van der Waals surface area contributed by atoms with Crippen LogP contribution in [0.4, 0.5) is 20.2 Å². The maximum atomic E-state index is 14.1. The second-order valence-corrected chi connectivity index (χ2v) is 7.76. The number of halogens is 3. The Balaban J connectivity index is 1.60. The third-order valence-electron chi connectivity index (χ3n) is 5.50. The van der Waals surface area contributed by atoms with E-state index >= 15 is 0 Å². The van der Waals surface area contributed by atoms with E-state index in [2.05, 4.69) is 0 Å². The van der Waals surface area contributed by atoms with Crippen molar-refractivity contribution in [3.05, 3.63) is 95.0 Å². The van der Waals surface area contributed by atoms with E-state index in [1.807, 2.05) is 6.07 Å². The number of fused-ring (bicyclic) bond motifs is 1. The molecule has 0 spiro atoms. The van der Waals surface area contributed by atoms with Gasteiger partial charge in [-0.15, -0.1) is 0 Å². The lowest BCUT2D eigenvalue weighted by atomic mass is 9.90. The Bertz CT molecular complexity index is 1170. The lowest BCUT2D eigenvalue weighted by Gasteiger charge is -2.28. The minimum absolute atomic E-state index is 0.328. The zero-order valence-electron chi connectivity index (χ0n) is 15.9. The van der Waals surface area contributed by atoms with E-state index in [0.717, 1.165) is 17.0 Å². The molecular formula is C23H15ClF2N2O3. The lowest BCUT2D eigenvalue weighted by molar-refractivity contribution is -0.126. The van der Waals surface area contributed by atoms with Crippen molar-refractivity contribution in [1.29, 1.82) is 0 Å². The molecule has 5 nitrogen and oxygen atoms in total. The van der Waals surface area contributed by atoms with Crippen LogP contribution >= 0.6 is 11.6 Å². The topological polar surface area (TPSA) is 49.9 Å². The van der Waals surface area contributed by atoms with Crippen LogP contribution in [0.1, 0.15) is 11.6 Å². The Labute approximate surface area is 181 Å². The van der Waals surface area contributed by atoms with Gasteiger partial charge in [-0.2, -0.15) is 0 Å². The van der Waals surface area contributed by atoms with Gasteiger partial charge in [-0.1, -0.05) is 35.9 Å². The second kappa shape index (κ2) is 7.44. The minimum atomic E-state index is -1.10. The summed E-state index contributed by atoms with van der Waals surface area (Å²) in [4.78, 5) is 33.5. The number of hydrogen-bond donors (Lipinski definition) is 0. The number of hydroxylamine groups is 1. The minimum Gasteiger partial charge on any atom is -0.273 e. The second-order valence-electron chi connectivity index (χ2n) is 7.32. The highest BCUT2D eigenvalue weighted by molar-refractivity contribution is 6.31. The van der Waals surface area contributed by atoms with Crippen LogP contribution in [0.2, 0.25) is 5.02 Å². The van der Waals surface area contributed by atoms with Gasteiger partial charge in [0.25, 0.3) is 5.91 Å². The first-order valence-corrected chi connectivity index (χ1v) is 9.93. The van der Waals surface area contributed by atoms with Crippen molar-refractivity contribution in [2.45, 2.75) is 12.1 Å². The molecule has 2 aliphatic rings. The summed E-state index contributed by atoms with van der Waals surface area (Å²) in [6, 6.07) is 17.8. The van der Waals surface area contributed by atoms with Crippen molar-refractivity contribution < 1.29 is 23.2 Å². The smallest absolute Gasteiger partial charge is 0.266 e. The molecule has 31 heavy (non-hydrogen) atoms. The average Bonchev–Trinajstić information content (AvgIpc) is 3.28. The number of benzene rings is 3. The fourth-order valence-corrected chi connectivity index (χ4v) is 4.22. The molecule has 0 N–H and O–H groups in total. The molecule has 2 saturated heterocycles. The zero-order chi connectivity index (χ0) is 21.7. The molecule has 156 valence electrons. The van der Waals surface area contributed by atoms with Crippen molar-refractivity contribution in [3.8, 4) is 0 Å². The van der Waals surface area contributed by atoms with Crippen LogP contribution in [0.25, 0.3) is 0 Å². The van der Waals surface area contributed by atoms with Gasteiger partial charge in [-0.3, -0.25) is 14.4 Å². The molecule has 2 amide bonds. The Kier molecular flexibility index (Phi) is 4.72. The maximum absolute atomic E-state index is 14.1. The van der Waals surface area contributed by atoms with Crippen LogP contribution in [-0.4, -0.2) is 17.9 Å². The van der Waals surface area contributed by atoms with Gasteiger partial charge >= 0.3 is 0 Å². The first-order chi connectivity index (χ1) is 15.0. The van der Waals surface area contributed by atoms with Crippen molar-refractivity contribution in [2.24, 2.45) is 5.92 Å². The summed E-state index contributed by atoms with van der Waals surface area (Å²) in [5.74, 6) is -3.98. The van der Waals surface area contributed by atoms with Crippen LogP contribution in [-0.2, 0) is 14.4 Å². The molecule has 2 fully saturated rings. The molecular weight excluding hydrogens is 426 g/mol. The van der Waals surface area contributed by atoms with Gasteiger partial charge in [-0.05, 0) is 54.1 Å². The summed E-state index contributed by atoms with van der Waals surface area (Å²) in [6.07, 6.45) is -1.10. The van der Waals surface area contributed by atoms with Crippen molar-refractivity contribution >= 4 is 34.8 Å². The first kappa shape index (κ1) is 19.7. The van der Waals surface area contributed by atoms with Crippen LogP contribution in [0.15, 0.2) is 72.8 Å². The molecule has 0 aliphatic carbocycles. The third kappa shape index (κ3) is 3.17. The molecule has 0 aromatic heterocycles. The number of imide groups is 1. The van der Waals surface area contributed by atoms with E-state index in [1.165, 1.54) is 11.1 Å². The maximum Gasteiger partial charge on any atom is 0.266 e. The highest BCUT2D eigenvalue weighted by Crippen LogP contribution is 2.47. The number of nitrogens with zero attached hydrogens (tertiary/aromatic N) is 2. The van der Waals surface area contributed by atoms with Crippen LogP contribution in [0, 0.1) is 17.6 Å². The van der Waals surface area contributed by atoms with Crippen LogP contribution in [0.5, 0.6) is 0 Å². The van der Waals surface area contributed by atoms with Crippen molar-refractivity contribution in [2.75, 3.05) is 9.96 Å². The van der Waals surface area contributed by atoms with E-state index < -0.39 is 41.5 Å². The van der Waals surface area contributed by atoms with Crippen LogP contribution in [0.3, 0.4) is 0 Å². The van der Waals surface area contributed by atoms with Crippen molar-refractivity contribution in [1.82, 2.24) is 0 Å². The fourth-order valence-electron chi connectivity index (χ4n) is 4.09. The largest absolute Gasteiger partial charge is 0.273 e. The summed E-state index contributed by atoms with van der Waals surface area (Å²) < 4.78 is 27.6. The number of hydrogen-bond acceptors (Lipinski definition) is 4. The van der Waals surface area contributed by atoms with E-state index in [1.54, 1.807) is 48.5 Å². The van der Waals surface area contributed by atoms with Gasteiger partial charge in [0.1, 0.15) is 5.92 Å². The predicted octanol–water partition coefficient (Wildman–Crippen LogP) is 4.67. The van der Waals surface area contributed by atoms with Gasteiger partial charge < -0.3 is 0 Å². The molecule has 0 saturated carbocycles. The molecule has 0 radical (unpaired) electrons. The monoisotopic (exact) mass is 440 g/mol. The molecule has 0 unspecified atom stereocenters. The molecule has 3 aromatic rings. The number of carbonyl (C=O) groups excluding carboxylic acids is 2. The Morgan fingerprint density at radius 3 is 2.19 bits per heavy atom. The first-order valence-electron chi connectivity index (χ1n) is 9.55. The number of para-hydroxylation sites is 1. The molecule has 3 atom stereocenters. The number of anilines is 2. The number of rotatable bonds is 3. The number of amides is 2. The number of carbonyl (C=O) groups is 2. The normalized spacial score (nSPS) is 22.9. The zero-order valence-corrected chi connectivity index (χ0v) is 16.7. The quantitative estimate of drug-likeness (QED) is 0.555. The summed E-state index contributed by atoms with van der Waals surface area (Å²) in [7, 11) is 0. The standard InChI is InChI=1S/C23H15ClF2N2O3/c24-14-7-9-15(10-8-14)27-22(29)19-20(13-6-11-17(25)18(26)12-13)28(31-21(19)23(27)30)16-4-2-1-3-5-16/h1-12,19-21H/t19-,20+,21-/m1/s1. The highest BCUT2D eigenvalue weighted by atomic mass is 35.5.